The molecule has 0 fully saturated rings. The largest absolute Gasteiger partial charge is 0.399 e. The van der Waals surface area contributed by atoms with Crippen molar-refractivity contribution in [3.63, 3.8) is 0 Å². The first kappa shape index (κ1) is 14.0. The Hall–Kier alpha value is -2.00. The quantitative estimate of drug-likeness (QED) is 0.689. The van der Waals surface area contributed by atoms with Crippen LogP contribution in [0.5, 0.6) is 0 Å². The molecule has 0 amide bonds. The average molecular weight is 300 g/mol. The molecule has 0 saturated heterocycles. The van der Waals surface area contributed by atoms with Crippen LogP contribution in [0.2, 0.25) is 5.02 Å². The van der Waals surface area contributed by atoms with Crippen LogP contribution in [0, 0.1) is 6.92 Å². The highest BCUT2D eigenvalue weighted by Gasteiger charge is 2.16. The zero-order chi connectivity index (χ0) is 15.1. The molecule has 0 aliphatic rings. The Labute approximate surface area is 129 Å². The summed E-state index contributed by atoms with van der Waals surface area (Å²) in [4.78, 5) is 4.80. The van der Waals surface area contributed by atoms with E-state index in [1.807, 2.05) is 36.4 Å². The maximum atomic E-state index is 6.15. The van der Waals surface area contributed by atoms with Crippen molar-refractivity contribution in [1.29, 1.82) is 0 Å². The van der Waals surface area contributed by atoms with Crippen molar-refractivity contribution in [3.05, 3.63) is 47.0 Å². The van der Waals surface area contributed by atoms with Gasteiger partial charge in [0.05, 0.1) is 11.0 Å². The zero-order valence-electron chi connectivity index (χ0n) is 12.4. The van der Waals surface area contributed by atoms with Crippen LogP contribution in [-0.2, 0) is 0 Å². The van der Waals surface area contributed by atoms with E-state index >= 15 is 0 Å². The zero-order valence-corrected chi connectivity index (χ0v) is 13.1. The number of halogens is 1. The number of hydrogen-bond donors (Lipinski definition) is 1. The molecule has 3 aromatic rings. The molecule has 0 bridgehead atoms. The number of rotatable bonds is 2. The third kappa shape index (κ3) is 2.38. The van der Waals surface area contributed by atoms with Crippen LogP contribution in [0.4, 0.5) is 5.69 Å². The van der Waals surface area contributed by atoms with Gasteiger partial charge in [-0.05, 0) is 56.7 Å². The van der Waals surface area contributed by atoms with Crippen molar-refractivity contribution >= 4 is 28.3 Å². The summed E-state index contributed by atoms with van der Waals surface area (Å²) >= 11 is 6.15. The van der Waals surface area contributed by atoms with Gasteiger partial charge in [0.1, 0.15) is 5.82 Å². The van der Waals surface area contributed by atoms with Gasteiger partial charge >= 0.3 is 0 Å². The van der Waals surface area contributed by atoms with Crippen LogP contribution < -0.4 is 5.73 Å². The summed E-state index contributed by atoms with van der Waals surface area (Å²) < 4.78 is 2.21. The van der Waals surface area contributed by atoms with E-state index in [0.717, 1.165) is 38.7 Å². The number of anilines is 1. The van der Waals surface area contributed by atoms with Gasteiger partial charge in [0.25, 0.3) is 0 Å². The van der Waals surface area contributed by atoms with Crippen LogP contribution in [0.25, 0.3) is 22.4 Å². The van der Waals surface area contributed by atoms with Crippen molar-refractivity contribution < 1.29 is 0 Å². The second kappa shape index (κ2) is 5.08. The van der Waals surface area contributed by atoms with Crippen molar-refractivity contribution in [1.82, 2.24) is 9.55 Å². The molecule has 0 unspecified atom stereocenters. The predicted octanol–water partition coefficient (Wildman–Crippen LogP) is 4.83. The van der Waals surface area contributed by atoms with Crippen molar-refractivity contribution in [3.8, 4) is 11.4 Å². The van der Waals surface area contributed by atoms with Gasteiger partial charge in [-0.25, -0.2) is 4.98 Å². The Morgan fingerprint density at radius 2 is 1.90 bits per heavy atom. The van der Waals surface area contributed by atoms with Crippen LogP contribution >= 0.6 is 11.6 Å². The normalized spacial score (nSPS) is 11.5. The first-order valence-electron chi connectivity index (χ1n) is 7.01. The van der Waals surface area contributed by atoms with E-state index in [9.17, 15) is 0 Å². The van der Waals surface area contributed by atoms with E-state index in [0.29, 0.717) is 0 Å². The summed E-state index contributed by atoms with van der Waals surface area (Å²) in [6.45, 7) is 6.37. The fourth-order valence-corrected chi connectivity index (χ4v) is 2.83. The SMILES string of the molecule is Cc1ccc(N)cc1-c1nc2ccc(Cl)cc2n1C(C)C. The Morgan fingerprint density at radius 3 is 2.62 bits per heavy atom. The molecule has 1 aromatic heterocycles. The van der Waals surface area contributed by atoms with Crippen LogP contribution in [0.3, 0.4) is 0 Å². The van der Waals surface area contributed by atoms with Gasteiger partial charge in [0.2, 0.25) is 0 Å². The highest BCUT2D eigenvalue weighted by Crippen LogP contribution is 2.32. The lowest BCUT2D eigenvalue weighted by Crippen LogP contribution is -2.04. The number of aryl methyl sites for hydroxylation is 1. The Morgan fingerprint density at radius 1 is 1.14 bits per heavy atom. The molecule has 0 aliphatic carbocycles. The Bertz CT molecular complexity index is 818. The van der Waals surface area contributed by atoms with E-state index in [4.69, 9.17) is 22.3 Å². The molecule has 2 N–H and O–H groups in total. The minimum absolute atomic E-state index is 0.282. The van der Waals surface area contributed by atoms with Gasteiger partial charge in [-0.1, -0.05) is 17.7 Å². The number of fused-ring (bicyclic) bond motifs is 1. The summed E-state index contributed by atoms with van der Waals surface area (Å²) in [7, 11) is 0. The summed E-state index contributed by atoms with van der Waals surface area (Å²) in [6.07, 6.45) is 0. The third-order valence-electron chi connectivity index (χ3n) is 3.67. The maximum Gasteiger partial charge on any atom is 0.141 e. The first-order valence-corrected chi connectivity index (χ1v) is 7.39. The number of hydrogen-bond acceptors (Lipinski definition) is 2. The number of imidazole rings is 1. The minimum Gasteiger partial charge on any atom is -0.399 e. The molecule has 3 rings (SSSR count). The molecule has 0 spiro atoms. The first-order chi connectivity index (χ1) is 9.97. The van der Waals surface area contributed by atoms with Gasteiger partial charge in [-0.3, -0.25) is 0 Å². The molecular weight excluding hydrogens is 282 g/mol. The molecule has 3 nitrogen and oxygen atoms in total. The topological polar surface area (TPSA) is 43.8 Å². The molecule has 0 radical (unpaired) electrons. The number of nitrogen functional groups attached to an aromatic ring is 1. The number of aromatic nitrogens is 2. The molecule has 1 heterocycles. The average Bonchev–Trinajstić information content (AvgIpc) is 2.79. The van der Waals surface area contributed by atoms with Crippen LogP contribution in [0.15, 0.2) is 36.4 Å². The van der Waals surface area contributed by atoms with Gasteiger partial charge in [-0.2, -0.15) is 0 Å². The highest BCUT2D eigenvalue weighted by molar-refractivity contribution is 6.31. The fraction of sp³-hybridized carbons (Fsp3) is 0.235. The molecule has 0 atom stereocenters. The van der Waals surface area contributed by atoms with Crippen LogP contribution in [0.1, 0.15) is 25.5 Å². The van der Waals surface area contributed by atoms with E-state index in [2.05, 4.69) is 25.3 Å². The lowest BCUT2D eigenvalue weighted by atomic mass is 10.1. The molecule has 0 aliphatic heterocycles. The summed E-state index contributed by atoms with van der Waals surface area (Å²) in [6, 6.07) is 12.0. The maximum absolute atomic E-state index is 6.15. The third-order valence-corrected chi connectivity index (χ3v) is 3.91. The fourth-order valence-electron chi connectivity index (χ4n) is 2.66. The van der Waals surface area contributed by atoms with Crippen molar-refractivity contribution in [2.75, 3.05) is 5.73 Å². The predicted molar refractivity (Wildman–Crippen MR) is 89.7 cm³/mol. The molecule has 4 heteroatoms. The number of nitrogens with two attached hydrogens (primary N) is 1. The lowest BCUT2D eigenvalue weighted by molar-refractivity contribution is 0.624. The van der Waals surface area contributed by atoms with Crippen molar-refractivity contribution in [2.45, 2.75) is 26.8 Å². The molecule has 2 aromatic carbocycles. The molecule has 0 saturated carbocycles. The van der Waals surface area contributed by atoms with E-state index < -0.39 is 0 Å². The molecule has 21 heavy (non-hydrogen) atoms. The second-order valence-electron chi connectivity index (χ2n) is 5.61. The molecule has 108 valence electrons. The monoisotopic (exact) mass is 299 g/mol. The van der Waals surface area contributed by atoms with E-state index in [-0.39, 0.29) is 6.04 Å². The summed E-state index contributed by atoms with van der Waals surface area (Å²) in [5, 5.41) is 0.722. The van der Waals surface area contributed by atoms with Gasteiger partial charge in [0.15, 0.2) is 0 Å². The molecular formula is C17H18ClN3. The standard InChI is InChI=1S/C17H18ClN3/c1-10(2)21-16-8-12(18)5-7-15(16)20-17(21)14-9-13(19)6-4-11(14)3/h4-10H,19H2,1-3H3. The van der Waals surface area contributed by atoms with Gasteiger partial charge in [-0.15, -0.1) is 0 Å². The smallest absolute Gasteiger partial charge is 0.141 e. The van der Waals surface area contributed by atoms with Crippen LogP contribution in [-0.4, -0.2) is 9.55 Å². The Kier molecular flexibility index (Phi) is 3.38. The summed E-state index contributed by atoms with van der Waals surface area (Å²) in [5.74, 6) is 0.937. The van der Waals surface area contributed by atoms with Gasteiger partial charge in [0, 0.05) is 22.3 Å². The van der Waals surface area contributed by atoms with Gasteiger partial charge < -0.3 is 10.3 Å². The number of nitrogens with zero attached hydrogens (tertiary/aromatic N) is 2. The minimum atomic E-state index is 0.282. The Balaban J connectivity index is 2.36. The second-order valence-corrected chi connectivity index (χ2v) is 6.04. The number of benzene rings is 2. The van der Waals surface area contributed by atoms with E-state index in [1.54, 1.807) is 0 Å². The van der Waals surface area contributed by atoms with E-state index in [1.165, 1.54) is 0 Å². The van der Waals surface area contributed by atoms with Crippen molar-refractivity contribution in [2.24, 2.45) is 0 Å². The highest BCUT2D eigenvalue weighted by atomic mass is 35.5. The summed E-state index contributed by atoms with van der Waals surface area (Å²) in [5.41, 5.74) is 10.9. The lowest BCUT2D eigenvalue weighted by Gasteiger charge is -2.15.